The third-order valence-corrected chi connectivity index (χ3v) is 6.76. The van der Waals surface area contributed by atoms with Crippen molar-refractivity contribution in [1.82, 2.24) is 15.0 Å². The Morgan fingerprint density at radius 3 is 2.43 bits per heavy atom. The maximum Gasteiger partial charge on any atom is 0.157 e. The van der Waals surface area contributed by atoms with Crippen molar-refractivity contribution in [1.29, 1.82) is 0 Å². The Balaban J connectivity index is 1.61. The smallest absolute Gasteiger partial charge is 0.157 e. The summed E-state index contributed by atoms with van der Waals surface area (Å²) in [6.45, 7) is 0. The van der Waals surface area contributed by atoms with E-state index < -0.39 is 0 Å². The van der Waals surface area contributed by atoms with Gasteiger partial charge in [0.2, 0.25) is 0 Å². The Morgan fingerprint density at radius 1 is 0.867 bits per heavy atom. The molecule has 1 saturated carbocycles. The molecule has 2 aromatic carbocycles. The third-order valence-electron chi connectivity index (χ3n) is 6.02. The van der Waals surface area contributed by atoms with Crippen molar-refractivity contribution in [3.63, 3.8) is 0 Å². The number of nitrogens with zero attached hydrogens (tertiary/aromatic N) is 2. The van der Waals surface area contributed by atoms with E-state index in [0.29, 0.717) is 16.0 Å². The molecule has 0 bridgehead atoms. The number of fused-ring (bicyclic) bond motifs is 3. The van der Waals surface area contributed by atoms with Gasteiger partial charge in [-0.1, -0.05) is 73.5 Å². The second-order valence-electron chi connectivity index (χ2n) is 8.12. The average molecular weight is 439 g/mol. The molecule has 4 aromatic rings. The summed E-state index contributed by atoms with van der Waals surface area (Å²) in [5, 5.41) is 5.54. The number of halogens is 2. The van der Waals surface area contributed by atoms with Crippen molar-refractivity contribution in [2.45, 2.75) is 50.9 Å². The molecule has 0 atom stereocenters. The van der Waals surface area contributed by atoms with Crippen LogP contribution in [-0.2, 0) is 0 Å². The van der Waals surface area contributed by atoms with Crippen molar-refractivity contribution in [2.75, 3.05) is 5.32 Å². The van der Waals surface area contributed by atoms with Crippen LogP contribution in [0.25, 0.3) is 21.9 Å². The molecule has 1 aliphatic carbocycles. The monoisotopic (exact) mass is 438 g/mol. The molecule has 30 heavy (non-hydrogen) atoms. The molecule has 1 fully saturated rings. The molecule has 0 spiro atoms. The zero-order valence-corrected chi connectivity index (χ0v) is 18.2. The lowest BCUT2D eigenvalue weighted by Gasteiger charge is -2.17. The van der Waals surface area contributed by atoms with Gasteiger partial charge in [0.05, 0.1) is 15.6 Å². The SMILES string of the molecule is Clc1ccc(Nc2nc3ccccc3c3nc(C4CCCCCCC4)[nH]c23)cc1Cl. The van der Waals surface area contributed by atoms with E-state index in [9.17, 15) is 0 Å². The molecule has 2 heterocycles. The number of aromatic amines is 1. The summed E-state index contributed by atoms with van der Waals surface area (Å²) in [4.78, 5) is 13.6. The van der Waals surface area contributed by atoms with Crippen LogP contribution in [0, 0.1) is 0 Å². The lowest BCUT2D eigenvalue weighted by molar-refractivity contribution is 0.445. The zero-order valence-electron chi connectivity index (χ0n) is 16.7. The van der Waals surface area contributed by atoms with Gasteiger partial charge in [0.15, 0.2) is 5.82 Å². The molecule has 6 heteroatoms. The van der Waals surface area contributed by atoms with Gasteiger partial charge in [0.25, 0.3) is 0 Å². The van der Waals surface area contributed by atoms with Crippen molar-refractivity contribution >= 4 is 56.6 Å². The van der Waals surface area contributed by atoms with Crippen molar-refractivity contribution in [3.05, 3.63) is 58.3 Å². The van der Waals surface area contributed by atoms with Crippen LogP contribution in [0.4, 0.5) is 11.5 Å². The van der Waals surface area contributed by atoms with Gasteiger partial charge >= 0.3 is 0 Å². The van der Waals surface area contributed by atoms with Gasteiger partial charge in [-0.25, -0.2) is 9.97 Å². The first-order valence-electron chi connectivity index (χ1n) is 10.7. The summed E-state index contributed by atoms with van der Waals surface area (Å²) in [6.07, 6.45) is 8.95. The van der Waals surface area contributed by atoms with Crippen LogP contribution in [0.1, 0.15) is 56.7 Å². The van der Waals surface area contributed by atoms with E-state index in [4.69, 9.17) is 33.2 Å². The van der Waals surface area contributed by atoms with Crippen LogP contribution < -0.4 is 5.32 Å². The standard InChI is InChI=1S/C24H24Cl2N4/c25-18-13-12-16(14-19(18)26)27-24-22-21(17-10-6-7-11-20(17)28-24)29-23(30-22)15-8-4-2-1-3-5-9-15/h6-7,10-15H,1-5,8-9H2,(H,27,28)(H,29,30). The highest BCUT2D eigenvalue weighted by Gasteiger charge is 2.20. The first kappa shape index (κ1) is 19.7. The summed E-state index contributed by atoms with van der Waals surface area (Å²) in [5.41, 5.74) is 3.68. The number of pyridine rings is 1. The molecule has 2 aromatic heterocycles. The normalized spacial score (nSPS) is 15.9. The minimum atomic E-state index is 0.481. The molecule has 0 amide bonds. The maximum absolute atomic E-state index is 6.22. The molecular formula is C24H24Cl2N4. The van der Waals surface area contributed by atoms with Gasteiger partial charge in [-0.3, -0.25) is 0 Å². The van der Waals surface area contributed by atoms with Gasteiger partial charge in [-0.05, 0) is 37.1 Å². The van der Waals surface area contributed by atoms with Crippen LogP contribution in [0.3, 0.4) is 0 Å². The number of hydrogen-bond donors (Lipinski definition) is 2. The first-order valence-corrected chi connectivity index (χ1v) is 11.4. The summed E-state index contributed by atoms with van der Waals surface area (Å²) < 4.78 is 0. The summed E-state index contributed by atoms with van der Waals surface area (Å²) in [7, 11) is 0. The molecule has 2 N–H and O–H groups in total. The second-order valence-corrected chi connectivity index (χ2v) is 8.93. The van der Waals surface area contributed by atoms with Crippen LogP contribution >= 0.6 is 23.2 Å². The first-order chi connectivity index (χ1) is 14.7. The number of nitrogens with one attached hydrogen (secondary N) is 2. The Morgan fingerprint density at radius 2 is 1.63 bits per heavy atom. The second kappa shape index (κ2) is 8.44. The van der Waals surface area contributed by atoms with Gasteiger partial charge < -0.3 is 10.3 Å². The van der Waals surface area contributed by atoms with Crippen LogP contribution in [-0.4, -0.2) is 15.0 Å². The number of H-pyrrole nitrogens is 1. The molecule has 4 nitrogen and oxygen atoms in total. The topological polar surface area (TPSA) is 53.6 Å². The molecule has 0 aliphatic heterocycles. The van der Waals surface area contributed by atoms with E-state index in [0.717, 1.165) is 39.3 Å². The van der Waals surface area contributed by atoms with E-state index in [1.54, 1.807) is 6.07 Å². The molecule has 1 aliphatic rings. The van der Waals surface area contributed by atoms with Gasteiger partial charge in [-0.2, -0.15) is 0 Å². The van der Waals surface area contributed by atoms with Gasteiger partial charge in [0, 0.05) is 17.0 Å². The fraction of sp³-hybridized carbons (Fsp3) is 0.333. The average Bonchev–Trinajstić information content (AvgIpc) is 3.16. The predicted octanol–water partition coefficient (Wildman–Crippen LogP) is 7.99. The van der Waals surface area contributed by atoms with E-state index in [1.165, 1.54) is 44.9 Å². The minimum Gasteiger partial charge on any atom is -0.339 e. The third kappa shape index (κ3) is 3.86. The lowest BCUT2D eigenvalue weighted by atomic mass is 9.91. The maximum atomic E-state index is 6.22. The summed E-state index contributed by atoms with van der Waals surface area (Å²) in [5.74, 6) is 2.32. The number of imidazole rings is 1. The molecule has 0 unspecified atom stereocenters. The van der Waals surface area contributed by atoms with Crippen LogP contribution in [0.15, 0.2) is 42.5 Å². The Kier molecular flexibility index (Phi) is 5.53. The number of anilines is 2. The number of benzene rings is 2. The van der Waals surface area contributed by atoms with E-state index >= 15 is 0 Å². The quantitative estimate of drug-likeness (QED) is 0.340. The summed E-state index contributed by atoms with van der Waals surface area (Å²) >= 11 is 12.3. The number of rotatable bonds is 3. The van der Waals surface area contributed by atoms with E-state index in [2.05, 4.69) is 16.4 Å². The molecule has 154 valence electrons. The highest BCUT2D eigenvalue weighted by Crippen LogP contribution is 2.35. The highest BCUT2D eigenvalue weighted by molar-refractivity contribution is 6.42. The number of para-hydroxylation sites is 1. The Hall–Kier alpha value is -2.30. The Bertz CT molecular complexity index is 1190. The van der Waals surface area contributed by atoms with E-state index in [1.807, 2.05) is 30.3 Å². The lowest BCUT2D eigenvalue weighted by Crippen LogP contribution is -2.04. The largest absolute Gasteiger partial charge is 0.339 e. The summed E-state index contributed by atoms with van der Waals surface area (Å²) in [6, 6.07) is 13.7. The van der Waals surface area contributed by atoms with Crippen molar-refractivity contribution in [2.24, 2.45) is 0 Å². The zero-order chi connectivity index (χ0) is 20.5. The van der Waals surface area contributed by atoms with Crippen molar-refractivity contribution < 1.29 is 0 Å². The van der Waals surface area contributed by atoms with E-state index in [-0.39, 0.29) is 0 Å². The minimum absolute atomic E-state index is 0.481. The fourth-order valence-electron chi connectivity index (χ4n) is 4.43. The number of hydrogen-bond acceptors (Lipinski definition) is 3. The van der Waals surface area contributed by atoms with Crippen LogP contribution in [0.2, 0.25) is 10.0 Å². The van der Waals surface area contributed by atoms with Gasteiger partial charge in [-0.15, -0.1) is 0 Å². The molecule has 0 saturated heterocycles. The van der Waals surface area contributed by atoms with Crippen LogP contribution in [0.5, 0.6) is 0 Å². The van der Waals surface area contributed by atoms with Gasteiger partial charge in [0.1, 0.15) is 16.9 Å². The molecular weight excluding hydrogens is 415 g/mol. The number of aromatic nitrogens is 3. The molecule has 0 radical (unpaired) electrons. The Labute approximate surface area is 186 Å². The predicted molar refractivity (Wildman–Crippen MR) is 126 cm³/mol. The fourth-order valence-corrected chi connectivity index (χ4v) is 4.73. The molecule has 5 rings (SSSR count). The van der Waals surface area contributed by atoms with Crippen molar-refractivity contribution in [3.8, 4) is 0 Å². The highest BCUT2D eigenvalue weighted by atomic mass is 35.5.